The zero-order valence-corrected chi connectivity index (χ0v) is 6.79. The Balaban J connectivity index is -0.000000320. The molecule has 7 N–H and O–H groups in total. The van der Waals surface area contributed by atoms with Gasteiger partial charge in [0.1, 0.15) is 6.04 Å². The lowest BCUT2D eigenvalue weighted by Gasteiger charge is -2.07. The summed E-state index contributed by atoms with van der Waals surface area (Å²) in [4.78, 5) is 10.1. The first-order valence-corrected chi connectivity index (χ1v) is 3.02. The molecule has 0 fully saturated rings. The van der Waals surface area contributed by atoms with Crippen LogP contribution in [0.5, 0.6) is 0 Å². The van der Waals surface area contributed by atoms with Crippen LogP contribution >= 0.6 is 0 Å². The Morgan fingerprint density at radius 2 is 1.82 bits per heavy atom. The van der Waals surface area contributed by atoms with Crippen LogP contribution in [-0.4, -0.2) is 28.1 Å². The summed E-state index contributed by atoms with van der Waals surface area (Å²) >= 11 is 0. The Kier molecular flexibility index (Phi) is 11.4. The number of carbonyl (C=O) groups is 1. The molecule has 5 heteroatoms. The second kappa shape index (κ2) is 7.46. The first-order chi connectivity index (χ1) is 4.04. The van der Waals surface area contributed by atoms with Gasteiger partial charge in [0.25, 0.3) is 0 Å². The van der Waals surface area contributed by atoms with Crippen molar-refractivity contribution in [1.29, 1.82) is 0 Å². The van der Waals surface area contributed by atoms with Gasteiger partial charge in [-0.05, 0) is 12.3 Å². The SMILES string of the molecule is CC(C)C[C@H](N)C(=O)O.O.O. The van der Waals surface area contributed by atoms with Crippen molar-refractivity contribution in [3.8, 4) is 0 Å². The van der Waals surface area contributed by atoms with Gasteiger partial charge in [-0.25, -0.2) is 0 Å². The number of carboxylic acids is 1. The van der Waals surface area contributed by atoms with E-state index in [-0.39, 0.29) is 11.0 Å². The molecule has 1 atom stereocenters. The van der Waals surface area contributed by atoms with Crippen LogP contribution in [0.1, 0.15) is 20.3 Å². The van der Waals surface area contributed by atoms with Gasteiger partial charge in [0, 0.05) is 0 Å². The molecule has 0 saturated heterocycles. The van der Waals surface area contributed by atoms with Gasteiger partial charge in [-0.1, -0.05) is 13.8 Å². The zero-order chi connectivity index (χ0) is 7.44. The molecule has 0 aliphatic rings. The van der Waals surface area contributed by atoms with E-state index in [0.717, 1.165) is 0 Å². The standard InChI is InChI=1S/C6H13NO2.2H2O/c1-4(2)3-5(7)6(8)9;;/h4-5H,3,7H2,1-2H3,(H,8,9);2*1H2/t5-;;/m0../s1. The smallest absolute Gasteiger partial charge is 0.320 e. The molecule has 5 nitrogen and oxygen atoms in total. The first kappa shape index (κ1) is 16.7. The monoisotopic (exact) mass is 167 g/mol. The normalized spacial score (nSPS) is 11.3. The lowest BCUT2D eigenvalue weighted by molar-refractivity contribution is -0.138. The van der Waals surface area contributed by atoms with Gasteiger partial charge in [-0.15, -0.1) is 0 Å². The fourth-order valence-corrected chi connectivity index (χ4v) is 0.609. The van der Waals surface area contributed by atoms with Crippen LogP contribution in [-0.2, 0) is 4.79 Å². The van der Waals surface area contributed by atoms with E-state index in [1.54, 1.807) is 0 Å². The van der Waals surface area contributed by atoms with Gasteiger partial charge in [0.15, 0.2) is 0 Å². The molecule has 0 spiro atoms. The van der Waals surface area contributed by atoms with Gasteiger partial charge < -0.3 is 21.8 Å². The van der Waals surface area contributed by atoms with Crippen molar-refractivity contribution in [2.45, 2.75) is 26.3 Å². The van der Waals surface area contributed by atoms with Crippen molar-refractivity contribution in [2.75, 3.05) is 0 Å². The molecule has 0 bridgehead atoms. The molecule has 0 rings (SSSR count). The van der Waals surface area contributed by atoms with Gasteiger partial charge in [0.2, 0.25) is 0 Å². The summed E-state index contributed by atoms with van der Waals surface area (Å²) in [5.74, 6) is -0.556. The van der Waals surface area contributed by atoms with E-state index in [0.29, 0.717) is 12.3 Å². The molecule has 0 amide bonds. The minimum absolute atomic E-state index is 0. The number of rotatable bonds is 3. The molecule has 0 unspecified atom stereocenters. The minimum atomic E-state index is -0.913. The summed E-state index contributed by atoms with van der Waals surface area (Å²) in [6.45, 7) is 3.89. The van der Waals surface area contributed by atoms with E-state index in [2.05, 4.69) is 0 Å². The predicted molar refractivity (Wildman–Crippen MR) is 42.3 cm³/mol. The molecule has 70 valence electrons. The second-order valence-corrected chi connectivity index (χ2v) is 2.57. The average molecular weight is 167 g/mol. The maximum absolute atomic E-state index is 10.1. The molecule has 0 aromatic rings. The summed E-state index contributed by atoms with van der Waals surface area (Å²) in [5, 5.41) is 8.31. The maximum atomic E-state index is 10.1. The number of carboxylic acid groups (broad SMARTS) is 1. The Hall–Kier alpha value is -0.650. The molecule has 0 aromatic carbocycles. The lowest BCUT2D eigenvalue weighted by atomic mass is 10.1. The molecule has 0 aliphatic heterocycles. The Labute approximate surface area is 65.8 Å². The molecular formula is C6H17NO4. The van der Waals surface area contributed by atoms with Crippen molar-refractivity contribution in [3.05, 3.63) is 0 Å². The Morgan fingerprint density at radius 3 is 1.91 bits per heavy atom. The maximum Gasteiger partial charge on any atom is 0.320 e. The van der Waals surface area contributed by atoms with Crippen LogP contribution < -0.4 is 5.73 Å². The molecule has 0 aliphatic carbocycles. The van der Waals surface area contributed by atoms with E-state index in [1.165, 1.54) is 0 Å². The third kappa shape index (κ3) is 9.35. The van der Waals surface area contributed by atoms with Crippen LogP contribution in [0.25, 0.3) is 0 Å². The summed E-state index contributed by atoms with van der Waals surface area (Å²) < 4.78 is 0. The molecule has 11 heavy (non-hydrogen) atoms. The van der Waals surface area contributed by atoms with Gasteiger partial charge in [-0.3, -0.25) is 4.79 Å². The first-order valence-electron chi connectivity index (χ1n) is 3.02. The van der Waals surface area contributed by atoms with Crippen molar-refractivity contribution in [1.82, 2.24) is 0 Å². The van der Waals surface area contributed by atoms with E-state index in [1.807, 2.05) is 13.8 Å². The van der Waals surface area contributed by atoms with Crippen LogP contribution in [0.3, 0.4) is 0 Å². The van der Waals surface area contributed by atoms with E-state index in [4.69, 9.17) is 10.8 Å². The highest BCUT2D eigenvalue weighted by Gasteiger charge is 2.11. The van der Waals surface area contributed by atoms with Crippen LogP contribution in [0.15, 0.2) is 0 Å². The van der Waals surface area contributed by atoms with E-state index >= 15 is 0 Å². The van der Waals surface area contributed by atoms with E-state index in [9.17, 15) is 4.79 Å². The molecule has 0 heterocycles. The van der Waals surface area contributed by atoms with Crippen molar-refractivity contribution >= 4 is 5.97 Å². The average Bonchev–Trinajstić information content (AvgIpc) is 1.63. The minimum Gasteiger partial charge on any atom is -0.480 e. The Morgan fingerprint density at radius 1 is 1.45 bits per heavy atom. The zero-order valence-electron chi connectivity index (χ0n) is 6.79. The van der Waals surface area contributed by atoms with Crippen LogP contribution in [0.2, 0.25) is 0 Å². The second-order valence-electron chi connectivity index (χ2n) is 2.57. The summed E-state index contributed by atoms with van der Waals surface area (Å²) in [6.07, 6.45) is 0.551. The summed E-state index contributed by atoms with van der Waals surface area (Å²) in [6, 6.07) is -0.690. The lowest BCUT2D eigenvalue weighted by Crippen LogP contribution is -2.31. The highest BCUT2D eigenvalue weighted by molar-refractivity contribution is 5.72. The number of nitrogens with two attached hydrogens (primary N) is 1. The van der Waals surface area contributed by atoms with Crippen molar-refractivity contribution < 1.29 is 20.9 Å². The summed E-state index contributed by atoms with van der Waals surface area (Å²) in [7, 11) is 0. The van der Waals surface area contributed by atoms with Gasteiger partial charge in [0.05, 0.1) is 0 Å². The highest BCUT2D eigenvalue weighted by Crippen LogP contribution is 2.01. The van der Waals surface area contributed by atoms with Gasteiger partial charge in [-0.2, -0.15) is 0 Å². The number of hydrogen-bond acceptors (Lipinski definition) is 2. The van der Waals surface area contributed by atoms with E-state index < -0.39 is 12.0 Å². The Bertz CT molecular complexity index is 105. The molecule has 0 radical (unpaired) electrons. The van der Waals surface area contributed by atoms with Crippen LogP contribution in [0.4, 0.5) is 0 Å². The molecule has 0 saturated carbocycles. The third-order valence-electron chi connectivity index (χ3n) is 1.04. The fourth-order valence-electron chi connectivity index (χ4n) is 0.609. The predicted octanol–water partition coefficient (Wildman–Crippen LogP) is -1.20. The fraction of sp³-hybridized carbons (Fsp3) is 0.833. The van der Waals surface area contributed by atoms with Crippen molar-refractivity contribution in [2.24, 2.45) is 11.7 Å². The highest BCUT2D eigenvalue weighted by atomic mass is 16.4. The number of hydrogen-bond donors (Lipinski definition) is 2. The largest absolute Gasteiger partial charge is 0.480 e. The van der Waals surface area contributed by atoms with Crippen molar-refractivity contribution in [3.63, 3.8) is 0 Å². The molecular weight excluding hydrogens is 150 g/mol. The quantitative estimate of drug-likeness (QED) is 0.547. The van der Waals surface area contributed by atoms with Gasteiger partial charge >= 0.3 is 5.97 Å². The third-order valence-corrected chi connectivity index (χ3v) is 1.04. The number of aliphatic carboxylic acids is 1. The molecule has 0 aromatic heterocycles. The van der Waals surface area contributed by atoms with Crippen LogP contribution in [0, 0.1) is 5.92 Å². The topological polar surface area (TPSA) is 126 Å². The summed E-state index contributed by atoms with van der Waals surface area (Å²) in [5.41, 5.74) is 5.22.